The molecule has 0 aromatic heterocycles. The van der Waals surface area contributed by atoms with Crippen molar-refractivity contribution in [2.24, 2.45) is 11.8 Å². The van der Waals surface area contributed by atoms with Crippen LogP contribution in [0.2, 0.25) is 0 Å². The van der Waals surface area contributed by atoms with E-state index in [4.69, 9.17) is 0 Å². The summed E-state index contributed by atoms with van der Waals surface area (Å²) in [5.41, 5.74) is 0. The number of unbranched alkanes of at least 4 members (excludes halogenated alkanes) is 2. The summed E-state index contributed by atoms with van der Waals surface area (Å²) in [4.78, 5) is 0. The molecule has 3 unspecified atom stereocenters. The molecule has 0 aliphatic heterocycles. The van der Waals surface area contributed by atoms with E-state index in [0.29, 0.717) is 0 Å². The highest BCUT2D eigenvalue weighted by Crippen LogP contribution is 2.40. The number of hydrogen-bond donors (Lipinski definition) is 1. The summed E-state index contributed by atoms with van der Waals surface area (Å²) in [6.07, 6.45) is 16.9. The van der Waals surface area contributed by atoms with Crippen LogP contribution in [0.4, 0.5) is 0 Å². The van der Waals surface area contributed by atoms with Gasteiger partial charge in [-0.2, -0.15) is 11.8 Å². The lowest BCUT2D eigenvalue weighted by molar-refractivity contribution is 0.144. The van der Waals surface area contributed by atoms with E-state index in [1.165, 1.54) is 76.5 Å². The highest BCUT2D eigenvalue weighted by Gasteiger charge is 2.31. The van der Waals surface area contributed by atoms with E-state index in [0.717, 1.165) is 17.9 Å². The molecule has 106 valence electrons. The average molecular weight is 269 g/mol. The molecule has 1 N–H and O–H groups in total. The Balaban J connectivity index is 1.54. The summed E-state index contributed by atoms with van der Waals surface area (Å²) in [7, 11) is 0. The minimum atomic E-state index is 0.852. The molecule has 0 aromatic rings. The molecule has 3 atom stereocenters. The van der Waals surface area contributed by atoms with Gasteiger partial charge in [0.15, 0.2) is 0 Å². The maximum Gasteiger partial charge on any atom is 0.00699 e. The van der Waals surface area contributed by atoms with E-state index in [1.807, 2.05) is 11.8 Å². The fourth-order valence-corrected chi connectivity index (χ4v) is 4.41. The van der Waals surface area contributed by atoms with Crippen LogP contribution in [-0.4, -0.2) is 24.6 Å². The summed E-state index contributed by atoms with van der Waals surface area (Å²) in [5.74, 6) is 3.51. The maximum absolute atomic E-state index is 3.82. The monoisotopic (exact) mass is 269 g/mol. The van der Waals surface area contributed by atoms with Crippen LogP contribution < -0.4 is 5.32 Å². The minimum absolute atomic E-state index is 0.852. The lowest BCUT2D eigenvalue weighted by atomic mass is 9.69. The van der Waals surface area contributed by atoms with Gasteiger partial charge >= 0.3 is 0 Å². The summed E-state index contributed by atoms with van der Waals surface area (Å²) in [6.45, 7) is 1.26. The minimum Gasteiger partial charge on any atom is -0.314 e. The largest absolute Gasteiger partial charge is 0.314 e. The van der Waals surface area contributed by atoms with Crippen molar-refractivity contribution in [2.75, 3.05) is 18.6 Å². The molecule has 0 spiro atoms. The molecule has 18 heavy (non-hydrogen) atoms. The van der Waals surface area contributed by atoms with Crippen molar-refractivity contribution in [3.05, 3.63) is 0 Å². The molecule has 2 fully saturated rings. The van der Waals surface area contributed by atoms with Gasteiger partial charge in [0, 0.05) is 6.04 Å². The molecule has 0 radical (unpaired) electrons. The number of hydrogen-bond acceptors (Lipinski definition) is 2. The third-order valence-corrected chi connectivity index (χ3v) is 5.69. The molecule has 0 bridgehead atoms. The van der Waals surface area contributed by atoms with Crippen molar-refractivity contribution >= 4 is 11.8 Å². The molecule has 2 heteroatoms. The first-order valence-corrected chi connectivity index (χ1v) is 9.52. The lowest BCUT2D eigenvalue weighted by Crippen LogP contribution is -2.39. The molecule has 0 aromatic carbocycles. The molecule has 2 rings (SSSR count). The van der Waals surface area contributed by atoms with Crippen LogP contribution in [0.25, 0.3) is 0 Å². The summed E-state index contributed by atoms with van der Waals surface area (Å²) in [5, 5.41) is 3.82. The molecule has 0 saturated heterocycles. The van der Waals surface area contributed by atoms with E-state index in [2.05, 4.69) is 11.6 Å². The number of rotatable bonds is 7. The van der Waals surface area contributed by atoms with E-state index in [9.17, 15) is 0 Å². The second-order valence-corrected chi connectivity index (χ2v) is 7.31. The highest BCUT2D eigenvalue weighted by atomic mass is 32.2. The fraction of sp³-hybridized carbons (Fsp3) is 1.00. The first-order valence-electron chi connectivity index (χ1n) is 8.12. The van der Waals surface area contributed by atoms with E-state index in [1.54, 1.807) is 0 Å². The zero-order valence-corrected chi connectivity index (χ0v) is 12.9. The van der Waals surface area contributed by atoms with Crippen LogP contribution in [0.15, 0.2) is 0 Å². The van der Waals surface area contributed by atoms with Gasteiger partial charge in [0.05, 0.1) is 0 Å². The Morgan fingerprint density at radius 2 is 1.78 bits per heavy atom. The Bertz CT molecular complexity index is 219. The van der Waals surface area contributed by atoms with Gasteiger partial charge in [0.1, 0.15) is 0 Å². The lowest BCUT2D eigenvalue weighted by Gasteiger charge is -2.39. The van der Waals surface area contributed by atoms with Gasteiger partial charge in [-0.1, -0.05) is 32.1 Å². The molecular formula is C16H31NS. The predicted octanol–water partition coefficient (Wildman–Crippen LogP) is 4.47. The van der Waals surface area contributed by atoms with E-state index >= 15 is 0 Å². The van der Waals surface area contributed by atoms with Gasteiger partial charge < -0.3 is 5.32 Å². The molecule has 2 aliphatic carbocycles. The third kappa shape index (κ3) is 4.77. The smallest absolute Gasteiger partial charge is 0.00699 e. The van der Waals surface area contributed by atoms with Crippen molar-refractivity contribution in [3.63, 3.8) is 0 Å². The quantitative estimate of drug-likeness (QED) is 0.684. The molecule has 2 saturated carbocycles. The maximum atomic E-state index is 3.82. The Hall–Kier alpha value is 0.310. The van der Waals surface area contributed by atoms with Gasteiger partial charge in [0.25, 0.3) is 0 Å². The topological polar surface area (TPSA) is 12.0 Å². The zero-order valence-electron chi connectivity index (χ0n) is 12.1. The molecular weight excluding hydrogens is 238 g/mol. The standard InChI is InChI=1S/C16H31NS/c1-18-12-6-2-5-11-17-16-10-9-14-7-3-4-8-15(14)13-16/h14-17H,2-13H2,1H3. The Kier molecular flexibility index (Phi) is 6.93. The van der Waals surface area contributed by atoms with Crippen molar-refractivity contribution in [2.45, 2.75) is 70.3 Å². The van der Waals surface area contributed by atoms with Crippen LogP contribution in [-0.2, 0) is 0 Å². The number of nitrogens with one attached hydrogen (secondary N) is 1. The van der Waals surface area contributed by atoms with Gasteiger partial charge in [0.2, 0.25) is 0 Å². The van der Waals surface area contributed by atoms with Crippen LogP contribution in [0.3, 0.4) is 0 Å². The van der Waals surface area contributed by atoms with Gasteiger partial charge in [-0.25, -0.2) is 0 Å². The average Bonchev–Trinajstić information content (AvgIpc) is 2.42. The van der Waals surface area contributed by atoms with E-state index in [-0.39, 0.29) is 0 Å². The van der Waals surface area contributed by atoms with Crippen LogP contribution in [0.1, 0.15) is 64.2 Å². The number of fused-ring (bicyclic) bond motifs is 1. The Labute approximate surface area is 118 Å². The van der Waals surface area contributed by atoms with Gasteiger partial charge in [-0.3, -0.25) is 0 Å². The Morgan fingerprint density at radius 1 is 0.944 bits per heavy atom. The first-order chi connectivity index (χ1) is 8.90. The van der Waals surface area contributed by atoms with Crippen molar-refractivity contribution in [1.82, 2.24) is 5.32 Å². The molecule has 0 heterocycles. The van der Waals surface area contributed by atoms with Gasteiger partial charge in [-0.15, -0.1) is 0 Å². The van der Waals surface area contributed by atoms with Crippen molar-refractivity contribution in [1.29, 1.82) is 0 Å². The van der Waals surface area contributed by atoms with Crippen molar-refractivity contribution < 1.29 is 0 Å². The Morgan fingerprint density at radius 3 is 2.61 bits per heavy atom. The second kappa shape index (κ2) is 8.47. The van der Waals surface area contributed by atoms with Crippen molar-refractivity contribution in [3.8, 4) is 0 Å². The fourth-order valence-electron chi connectivity index (χ4n) is 3.91. The van der Waals surface area contributed by atoms with Gasteiger partial charge in [-0.05, 0) is 62.5 Å². The SMILES string of the molecule is CSCCCCCNC1CCC2CCCCC2C1. The molecule has 2 aliphatic rings. The third-order valence-electron chi connectivity index (χ3n) is 5.00. The summed E-state index contributed by atoms with van der Waals surface area (Å²) >= 11 is 1.98. The zero-order chi connectivity index (χ0) is 12.6. The molecule has 1 nitrogen and oxygen atoms in total. The normalized spacial score (nSPS) is 32.2. The predicted molar refractivity (Wildman–Crippen MR) is 83.3 cm³/mol. The summed E-state index contributed by atoms with van der Waals surface area (Å²) < 4.78 is 0. The number of thioether (sulfide) groups is 1. The molecule has 0 amide bonds. The van der Waals surface area contributed by atoms with E-state index < -0.39 is 0 Å². The highest BCUT2D eigenvalue weighted by molar-refractivity contribution is 7.98. The summed E-state index contributed by atoms with van der Waals surface area (Å²) in [6, 6.07) is 0.852. The second-order valence-electron chi connectivity index (χ2n) is 6.32. The van der Waals surface area contributed by atoms with Crippen LogP contribution in [0.5, 0.6) is 0 Å². The van der Waals surface area contributed by atoms with Crippen LogP contribution in [0, 0.1) is 11.8 Å². The van der Waals surface area contributed by atoms with Crippen LogP contribution >= 0.6 is 11.8 Å². The first kappa shape index (κ1) is 14.7.